The molecule has 0 spiro atoms. The molecule has 1 N–H and O–H groups in total. The number of aryl methyl sites for hydroxylation is 1. The number of carboxylic acid groups (broad SMARTS) is 1. The van der Waals surface area contributed by atoms with Gasteiger partial charge in [0.25, 0.3) is 5.91 Å². The summed E-state index contributed by atoms with van der Waals surface area (Å²) in [5, 5.41) is 16.7. The minimum Gasteiger partial charge on any atom is -0.476 e. The molecular weight excluding hydrogens is 368 g/mol. The zero-order valence-corrected chi connectivity index (χ0v) is 16.2. The molecule has 0 aliphatic carbocycles. The van der Waals surface area contributed by atoms with Gasteiger partial charge >= 0.3 is 5.97 Å². The summed E-state index contributed by atoms with van der Waals surface area (Å²) < 4.78 is 1.57. The van der Waals surface area contributed by atoms with Crippen molar-refractivity contribution in [3.63, 3.8) is 0 Å². The summed E-state index contributed by atoms with van der Waals surface area (Å²) in [4.78, 5) is 26.3. The number of carbonyl (C=O) groups is 2. The van der Waals surface area contributed by atoms with Gasteiger partial charge in [0.05, 0.1) is 12.2 Å². The first-order chi connectivity index (χ1) is 14.0. The summed E-state index contributed by atoms with van der Waals surface area (Å²) >= 11 is 0. The van der Waals surface area contributed by atoms with Gasteiger partial charge in [-0.25, -0.2) is 9.48 Å². The monoisotopic (exact) mass is 390 g/mol. The molecule has 4 rings (SSSR count). The van der Waals surface area contributed by atoms with Crippen LogP contribution in [0.1, 0.15) is 45.3 Å². The number of hydrogen-bond donors (Lipinski definition) is 1. The Morgan fingerprint density at radius 1 is 1.07 bits per heavy atom. The number of piperidine rings is 1. The van der Waals surface area contributed by atoms with Crippen LogP contribution in [0.15, 0.2) is 54.7 Å². The molecule has 7 heteroatoms. The first kappa shape index (κ1) is 18.9. The molecular formula is C22H22N4O3. The highest BCUT2D eigenvalue weighted by Crippen LogP contribution is 2.29. The van der Waals surface area contributed by atoms with Crippen LogP contribution in [0, 0.1) is 6.92 Å². The average Bonchev–Trinajstić information content (AvgIpc) is 3.25. The van der Waals surface area contributed by atoms with Gasteiger partial charge in [-0.05, 0) is 42.5 Å². The van der Waals surface area contributed by atoms with E-state index >= 15 is 0 Å². The summed E-state index contributed by atoms with van der Waals surface area (Å²) in [6, 6.07) is 15.6. The van der Waals surface area contributed by atoms with Crippen LogP contribution in [0.3, 0.4) is 0 Å². The number of likely N-dealkylation sites (tertiary alicyclic amines) is 1. The van der Waals surface area contributed by atoms with E-state index in [1.54, 1.807) is 4.68 Å². The molecule has 29 heavy (non-hydrogen) atoms. The van der Waals surface area contributed by atoms with Crippen molar-refractivity contribution >= 4 is 11.9 Å². The molecule has 0 bridgehead atoms. The van der Waals surface area contributed by atoms with E-state index in [9.17, 15) is 9.59 Å². The number of amides is 1. The van der Waals surface area contributed by atoms with Crippen molar-refractivity contribution < 1.29 is 14.7 Å². The molecule has 0 radical (unpaired) electrons. The molecule has 1 atom stereocenters. The maximum atomic E-state index is 13.4. The van der Waals surface area contributed by atoms with Gasteiger partial charge in [0.15, 0.2) is 5.69 Å². The topological polar surface area (TPSA) is 88.3 Å². The highest BCUT2D eigenvalue weighted by Gasteiger charge is 2.28. The molecule has 2 heterocycles. The maximum Gasteiger partial charge on any atom is 0.358 e. The molecule has 1 saturated heterocycles. The zero-order valence-electron chi connectivity index (χ0n) is 16.2. The van der Waals surface area contributed by atoms with Crippen LogP contribution in [0.25, 0.3) is 11.1 Å². The van der Waals surface area contributed by atoms with Crippen molar-refractivity contribution in [2.75, 3.05) is 13.1 Å². The standard InChI is InChI=1S/C22H22N4O3/c1-15-7-2-3-9-17(15)18-10-4-5-11-19(18)21(27)25-12-6-8-16(13-25)26-14-20(22(28)29)23-24-26/h2-5,7,9-11,14,16H,6,8,12-13H2,1H3,(H,28,29). The van der Waals surface area contributed by atoms with E-state index in [4.69, 9.17) is 5.11 Å². The molecule has 1 aromatic heterocycles. The molecule has 1 aliphatic rings. The molecule has 7 nitrogen and oxygen atoms in total. The van der Waals surface area contributed by atoms with Crippen LogP contribution in [-0.4, -0.2) is 50.0 Å². The summed E-state index contributed by atoms with van der Waals surface area (Å²) in [6.45, 7) is 3.18. The van der Waals surface area contributed by atoms with E-state index in [0.717, 1.165) is 29.5 Å². The largest absolute Gasteiger partial charge is 0.476 e. The summed E-state index contributed by atoms with van der Waals surface area (Å²) in [5.41, 5.74) is 3.68. The smallest absolute Gasteiger partial charge is 0.358 e. The Hall–Kier alpha value is -3.48. The van der Waals surface area contributed by atoms with Gasteiger partial charge in [-0.15, -0.1) is 5.10 Å². The Morgan fingerprint density at radius 2 is 1.79 bits per heavy atom. The number of hydrogen-bond acceptors (Lipinski definition) is 4. The van der Waals surface area contributed by atoms with Crippen molar-refractivity contribution in [3.05, 3.63) is 71.5 Å². The Kier molecular flexibility index (Phi) is 5.12. The van der Waals surface area contributed by atoms with E-state index in [0.29, 0.717) is 18.7 Å². The van der Waals surface area contributed by atoms with Crippen molar-refractivity contribution in [2.45, 2.75) is 25.8 Å². The number of aromatic carboxylic acids is 1. The predicted molar refractivity (Wildman–Crippen MR) is 108 cm³/mol. The van der Waals surface area contributed by atoms with Crippen LogP contribution in [-0.2, 0) is 0 Å². The summed E-state index contributed by atoms with van der Waals surface area (Å²) in [7, 11) is 0. The minimum atomic E-state index is -1.10. The Labute approximate surface area is 168 Å². The van der Waals surface area contributed by atoms with Crippen molar-refractivity contribution in [3.8, 4) is 11.1 Å². The first-order valence-electron chi connectivity index (χ1n) is 9.64. The van der Waals surface area contributed by atoms with Gasteiger partial charge in [-0.3, -0.25) is 4.79 Å². The second-order valence-corrected chi connectivity index (χ2v) is 7.30. The van der Waals surface area contributed by atoms with E-state index in [1.165, 1.54) is 6.20 Å². The summed E-state index contributed by atoms with van der Waals surface area (Å²) in [5.74, 6) is -1.13. The summed E-state index contributed by atoms with van der Waals surface area (Å²) in [6.07, 6.45) is 3.08. The minimum absolute atomic E-state index is 0.0212. The predicted octanol–water partition coefficient (Wildman–Crippen LogP) is 3.43. The molecule has 1 aliphatic heterocycles. The second-order valence-electron chi connectivity index (χ2n) is 7.30. The number of benzene rings is 2. The van der Waals surface area contributed by atoms with Gasteiger partial charge < -0.3 is 10.0 Å². The quantitative estimate of drug-likeness (QED) is 0.737. The lowest BCUT2D eigenvalue weighted by atomic mass is 9.94. The van der Waals surface area contributed by atoms with Gasteiger partial charge in [0.2, 0.25) is 0 Å². The lowest BCUT2D eigenvalue weighted by Gasteiger charge is -2.33. The third-order valence-electron chi connectivity index (χ3n) is 5.38. The van der Waals surface area contributed by atoms with E-state index in [1.807, 2.05) is 60.4 Å². The SMILES string of the molecule is Cc1ccccc1-c1ccccc1C(=O)N1CCCC(n2cc(C(=O)O)nn2)C1. The highest BCUT2D eigenvalue weighted by molar-refractivity contribution is 6.01. The van der Waals surface area contributed by atoms with Gasteiger partial charge in [-0.2, -0.15) is 0 Å². The van der Waals surface area contributed by atoms with E-state index < -0.39 is 5.97 Å². The van der Waals surface area contributed by atoms with Crippen molar-refractivity contribution in [1.82, 2.24) is 19.9 Å². The van der Waals surface area contributed by atoms with E-state index in [-0.39, 0.29) is 17.6 Å². The molecule has 1 unspecified atom stereocenters. The molecule has 2 aromatic carbocycles. The zero-order chi connectivity index (χ0) is 20.4. The molecule has 0 saturated carbocycles. The molecule has 148 valence electrons. The number of rotatable bonds is 4. The van der Waals surface area contributed by atoms with Crippen LogP contribution < -0.4 is 0 Å². The fourth-order valence-electron chi connectivity index (χ4n) is 3.86. The van der Waals surface area contributed by atoms with Gasteiger partial charge in [0, 0.05) is 18.7 Å². The Bertz CT molecular complexity index is 1060. The fourth-order valence-corrected chi connectivity index (χ4v) is 3.86. The number of carboxylic acids is 1. The lowest BCUT2D eigenvalue weighted by molar-refractivity contribution is 0.0666. The van der Waals surface area contributed by atoms with Crippen LogP contribution in [0.5, 0.6) is 0 Å². The Balaban J connectivity index is 1.60. The maximum absolute atomic E-state index is 13.4. The lowest BCUT2D eigenvalue weighted by Crippen LogP contribution is -2.41. The third kappa shape index (κ3) is 3.76. The first-order valence-corrected chi connectivity index (χ1v) is 9.64. The van der Waals surface area contributed by atoms with Crippen molar-refractivity contribution in [2.24, 2.45) is 0 Å². The van der Waals surface area contributed by atoms with Crippen molar-refractivity contribution in [1.29, 1.82) is 0 Å². The second kappa shape index (κ2) is 7.87. The molecule has 1 amide bonds. The van der Waals surface area contributed by atoms with Gasteiger partial charge in [-0.1, -0.05) is 47.7 Å². The molecule has 3 aromatic rings. The van der Waals surface area contributed by atoms with Crippen LogP contribution >= 0.6 is 0 Å². The normalized spacial score (nSPS) is 16.6. The average molecular weight is 390 g/mol. The van der Waals surface area contributed by atoms with Crippen LogP contribution in [0.2, 0.25) is 0 Å². The Morgan fingerprint density at radius 3 is 2.52 bits per heavy atom. The molecule has 1 fully saturated rings. The number of nitrogens with zero attached hydrogens (tertiary/aromatic N) is 4. The van der Waals surface area contributed by atoms with Gasteiger partial charge in [0.1, 0.15) is 0 Å². The van der Waals surface area contributed by atoms with Crippen LogP contribution in [0.4, 0.5) is 0 Å². The van der Waals surface area contributed by atoms with E-state index in [2.05, 4.69) is 10.3 Å². The fraction of sp³-hybridized carbons (Fsp3) is 0.273. The highest BCUT2D eigenvalue weighted by atomic mass is 16.4. The number of carbonyl (C=O) groups excluding carboxylic acids is 1. The third-order valence-corrected chi connectivity index (χ3v) is 5.38. The number of aromatic nitrogens is 3.